The van der Waals surface area contributed by atoms with Gasteiger partial charge in [-0.25, -0.2) is 13.6 Å². The van der Waals surface area contributed by atoms with E-state index in [4.69, 9.17) is 10.5 Å². The van der Waals surface area contributed by atoms with Gasteiger partial charge in [0.2, 0.25) is 0 Å². The molecule has 1 fully saturated rings. The Morgan fingerprint density at radius 1 is 1.39 bits per heavy atom. The van der Waals surface area contributed by atoms with Gasteiger partial charge in [-0.2, -0.15) is 0 Å². The van der Waals surface area contributed by atoms with E-state index in [9.17, 15) is 13.6 Å². The Kier molecular flexibility index (Phi) is 5.24. The van der Waals surface area contributed by atoms with Crippen LogP contribution < -0.4 is 5.73 Å². The number of likely N-dealkylation sites (tertiary alicyclic amines) is 1. The van der Waals surface area contributed by atoms with Crippen molar-refractivity contribution < 1.29 is 18.3 Å². The van der Waals surface area contributed by atoms with Gasteiger partial charge < -0.3 is 15.4 Å². The topological polar surface area (TPSA) is 55.6 Å². The first-order valence-electron chi connectivity index (χ1n) is 7.84. The number of ether oxygens (including phenoxy) is 1. The smallest absolute Gasteiger partial charge is 0.410 e. The first kappa shape index (κ1) is 17.7. The summed E-state index contributed by atoms with van der Waals surface area (Å²) in [7, 11) is 0. The Hall–Kier alpha value is -1.69. The zero-order valence-electron chi connectivity index (χ0n) is 13.8. The van der Waals surface area contributed by atoms with Crippen LogP contribution >= 0.6 is 0 Å². The van der Waals surface area contributed by atoms with Crippen LogP contribution in [0.2, 0.25) is 0 Å². The number of rotatable bonds is 3. The van der Waals surface area contributed by atoms with Crippen molar-refractivity contribution in [2.24, 2.45) is 11.7 Å². The summed E-state index contributed by atoms with van der Waals surface area (Å²) in [6.45, 7) is 6.88. The second-order valence-electron chi connectivity index (χ2n) is 6.99. The molecule has 0 bridgehead atoms. The summed E-state index contributed by atoms with van der Waals surface area (Å²) >= 11 is 0. The minimum Gasteiger partial charge on any atom is -0.444 e. The third-order valence-electron chi connectivity index (χ3n) is 4.07. The summed E-state index contributed by atoms with van der Waals surface area (Å²) in [5.74, 6) is -1.75. The molecule has 1 aliphatic heterocycles. The molecular weight excluding hydrogens is 302 g/mol. The van der Waals surface area contributed by atoms with Crippen molar-refractivity contribution >= 4 is 6.09 Å². The van der Waals surface area contributed by atoms with E-state index in [0.29, 0.717) is 25.2 Å². The molecule has 4 nitrogen and oxygen atoms in total. The minimum absolute atomic E-state index is 0.109. The van der Waals surface area contributed by atoms with E-state index in [1.807, 2.05) is 20.8 Å². The second kappa shape index (κ2) is 6.83. The van der Waals surface area contributed by atoms with Crippen molar-refractivity contribution in [1.29, 1.82) is 0 Å². The van der Waals surface area contributed by atoms with E-state index in [2.05, 4.69) is 0 Å². The summed E-state index contributed by atoms with van der Waals surface area (Å²) in [6, 6.07) is 3.88. The minimum atomic E-state index is -0.872. The summed E-state index contributed by atoms with van der Waals surface area (Å²) in [5, 5.41) is 0. The first-order chi connectivity index (χ1) is 10.7. The zero-order valence-corrected chi connectivity index (χ0v) is 13.8. The summed E-state index contributed by atoms with van der Waals surface area (Å²) in [4.78, 5) is 13.8. The van der Waals surface area contributed by atoms with Gasteiger partial charge in [0.1, 0.15) is 5.60 Å². The molecule has 2 rings (SSSR count). The first-order valence-corrected chi connectivity index (χ1v) is 7.84. The van der Waals surface area contributed by atoms with E-state index in [1.54, 1.807) is 11.0 Å². The van der Waals surface area contributed by atoms with E-state index in [1.165, 1.54) is 6.07 Å². The van der Waals surface area contributed by atoms with Crippen molar-refractivity contribution in [3.8, 4) is 0 Å². The molecule has 23 heavy (non-hydrogen) atoms. The fraction of sp³-hybridized carbons (Fsp3) is 0.588. The largest absolute Gasteiger partial charge is 0.444 e. The van der Waals surface area contributed by atoms with Gasteiger partial charge in [0.25, 0.3) is 0 Å². The molecule has 2 N–H and O–H groups in total. The predicted octanol–water partition coefficient (Wildman–Crippen LogP) is 3.26. The van der Waals surface area contributed by atoms with Crippen LogP contribution in [0.25, 0.3) is 0 Å². The Balaban J connectivity index is 2.06. The molecule has 2 atom stereocenters. The van der Waals surface area contributed by atoms with Crippen LogP contribution in [0.3, 0.4) is 0 Å². The number of amides is 1. The molecule has 0 aliphatic carbocycles. The summed E-state index contributed by atoms with van der Waals surface area (Å²) < 4.78 is 31.9. The fourth-order valence-corrected chi connectivity index (χ4v) is 2.95. The highest BCUT2D eigenvalue weighted by Crippen LogP contribution is 2.32. The molecular formula is C17H24F2N2O2. The van der Waals surface area contributed by atoms with Crippen molar-refractivity contribution in [2.45, 2.75) is 38.7 Å². The van der Waals surface area contributed by atoms with Gasteiger partial charge in [-0.3, -0.25) is 0 Å². The van der Waals surface area contributed by atoms with Gasteiger partial charge >= 0.3 is 6.09 Å². The number of nitrogens with zero attached hydrogens (tertiary/aromatic N) is 1. The van der Waals surface area contributed by atoms with Crippen LogP contribution in [0.1, 0.15) is 38.7 Å². The van der Waals surface area contributed by atoms with E-state index < -0.39 is 17.2 Å². The molecule has 1 aromatic carbocycles. The molecule has 0 saturated carbocycles. The number of hydrogen-bond donors (Lipinski definition) is 1. The number of hydrogen-bond acceptors (Lipinski definition) is 3. The number of carbonyl (C=O) groups is 1. The Bertz CT molecular complexity index is 572. The maximum absolute atomic E-state index is 13.5. The number of nitrogens with two attached hydrogens (primary N) is 1. The quantitative estimate of drug-likeness (QED) is 0.927. The molecule has 6 heteroatoms. The van der Waals surface area contributed by atoms with Crippen LogP contribution in [0.15, 0.2) is 18.2 Å². The van der Waals surface area contributed by atoms with Crippen LogP contribution in [-0.2, 0) is 4.74 Å². The lowest BCUT2D eigenvalue weighted by Gasteiger charge is -2.26. The average Bonchev–Trinajstić information content (AvgIpc) is 2.91. The lowest BCUT2D eigenvalue weighted by atomic mass is 9.85. The monoisotopic (exact) mass is 326 g/mol. The van der Waals surface area contributed by atoms with E-state index >= 15 is 0 Å². The Morgan fingerprint density at radius 2 is 2.09 bits per heavy atom. The number of halogens is 2. The molecule has 128 valence electrons. The highest BCUT2D eigenvalue weighted by Gasteiger charge is 2.34. The van der Waals surface area contributed by atoms with Gasteiger partial charge in [0.05, 0.1) is 0 Å². The van der Waals surface area contributed by atoms with Crippen LogP contribution in [0.5, 0.6) is 0 Å². The van der Waals surface area contributed by atoms with Crippen molar-refractivity contribution in [2.75, 3.05) is 19.6 Å². The highest BCUT2D eigenvalue weighted by molar-refractivity contribution is 5.68. The number of benzene rings is 1. The molecule has 1 amide bonds. The van der Waals surface area contributed by atoms with Gasteiger partial charge in [-0.15, -0.1) is 0 Å². The van der Waals surface area contributed by atoms with Crippen molar-refractivity contribution in [3.63, 3.8) is 0 Å². The Labute approximate surface area is 135 Å². The molecule has 1 heterocycles. The normalized spacial score (nSPS) is 19.7. The fourth-order valence-electron chi connectivity index (χ4n) is 2.95. The van der Waals surface area contributed by atoms with Crippen molar-refractivity contribution in [3.05, 3.63) is 35.4 Å². The van der Waals surface area contributed by atoms with Gasteiger partial charge in [0, 0.05) is 19.0 Å². The zero-order chi connectivity index (χ0) is 17.2. The third-order valence-corrected chi connectivity index (χ3v) is 4.07. The maximum atomic E-state index is 13.5. The van der Waals surface area contributed by atoms with E-state index in [-0.39, 0.29) is 17.9 Å². The molecule has 2 unspecified atom stereocenters. The van der Waals surface area contributed by atoms with Crippen LogP contribution in [-0.4, -0.2) is 36.2 Å². The van der Waals surface area contributed by atoms with Gasteiger partial charge in [-0.05, 0) is 57.4 Å². The van der Waals surface area contributed by atoms with E-state index in [0.717, 1.165) is 12.5 Å². The lowest BCUT2D eigenvalue weighted by molar-refractivity contribution is 0.0286. The predicted molar refractivity (Wildman–Crippen MR) is 84.1 cm³/mol. The van der Waals surface area contributed by atoms with Crippen LogP contribution in [0.4, 0.5) is 13.6 Å². The molecule has 0 spiro atoms. The van der Waals surface area contributed by atoms with Gasteiger partial charge in [0.15, 0.2) is 11.6 Å². The molecule has 1 aromatic rings. The average molecular weight is 326 g/mol. The summed E-state index contributed by atoms with van der Waals surface area (Å²) in [6.07, 6.45) is 0.418. The Morgan fingerprint density at radius 3 is 2.65 bits per heavy atom. The molecule has 1 saturated heterocycles. The third kappa shape index (κ3) is 4.41. The summed E-state index contributed by atoms with van der Waals surface area (Å²) in [5.41, 5.74) is 5.97. The number of carbonyl (C=O) groups excluding carboxylic acids is 1. The van der Waals surface area contributed by atoms with Crippen molar-refractivity contribution in [1.82, 2.24) is 4.90 Å². The SMILES string of the molecule is CC(C)(C)OC(=O)N1CCC(C(CN)c2ccc(F)c(F)c2)C1. The van der Waals surface area contributed by atoms with Crippen LogP contribution in [0, 0.1) is 17.6 Å². The lowest BCUT2D eigenvalue weighted by Crippen LogP contribution is -2.36. The van der Waals surface area contributed by atoms with Gasteiger partial charge in [-0.1, -0.05) is 6.07 Å². The standard InChI is InChI=1S/C17H24F2N2O2/c1-17(2,3)23-16(22)21-7-6-12(10-21)13(9-20)11-4-5-14(18)15(19)8-11/h4-5,8,12-13H,6-7,9-10,20H2,1-3H3. The molecule has 0 radical (unpaired) electrons. The maximum Gasteiger partial charge on any atom is 0.410 e. The molecule has 0 aromatic heterocycles. The highest BCUT2D eigenvalue weighted by atomic mass is 19.2. The molecule has 1 aliphatic rings. The second-order valence-corrected chi connectivity index (χ2v) is 6.99.